The summed E-state index contributed by atoms with van der Waals surface area (Å²) in [7, 11) is 0. The Hall–Kier alpha value is -0.0800. The van der Waals surface area contributed by atoms with Gasteiger partial charge >= 0.3 is 0 Å². The molecule has 2 saturated carbocycles. The Balaban J connectivity index is 1.68. The van der Waals surface area contributed by atoms with Crippen LogP contribution in [-0.4, -0.2) is 24.3 Å². The van der Waals surface area contributed by atoms with Gasteiger partial charge in [0.1, 0.15) is 0 Å². The molecule has 1 saturated heterocycles. The fourth-order valence-corrected chi connectivity index (χ4v) is 6.09. The standard InChI is InChI=1S/C27H51NO/c1-2-4-8-12-20-26-22-14-18-24(16-10-6-3-1)28-25-17-11-7-5-9-13-21-27(29-26)23-15-19-25/h24-28H,1-23H2. The second-order valence-corrected chi connectivity index (χ2v) is 10.6. The highest BCUT2D eigenvalue weighted by atomic mass is 16.5. The van der Waals surface area contributed by atoms with Gasteiger partial charge < -0.3 is 10.1 Å². The Morgan fingerprint density at radius 1 is 0.345 bits per heavy atom. The molecular weight excluding hydrogens is 354 g/mol. The zero-order chi connectivity index (χ0) is 20.0. The van der Waals surface area contributed by atoms with Gasteiger partial charge in [0.25, 0.3) is 0 Å². The van der Waals surface area contributed by atoms with Crippen LogP contribution in [0.5, 0.6) is 0 Å². The highest BCUT2D eigenvalue weighted by Crippen LogP contribution is 2.26. The monoisotopic (exact) mass is 405 g/mol. The second-order valence-electron chi connectivity index (χ2n) is 10.6. The van der Waals surface area contributed by atoms with Crippen molar-refractivity contribution >= 4 is 0 Å². The van der Waals surface area contributed by atoms with Crippen LogP contribution in [0, 0.1) is 0 Å². The van der Waals surface area contributed by atoms with Gasteiger partial charge in [0.2, 0.25) is 0 Å². The molecule has 4 bridgehead atoms. The fourth-order valence-electron chi connectivity index (χ4n) is 6.09. The van der Waals surface area contributed by atoms with Gasteiger partial charge in [0.05, 0.1) is 12.2 Å². The number of nitrogens with one attached hydrogen (secondary N) is 1. The lowest BCUT2D eigenvalue weighted by Gasteiger charge is -2.31. The van der Waals surface area contributed by atoms with Crippen molar-refractivity contribution in [1.82, 2.24) is 5.32 Å². The highest BCUT2D eigenvalue weighted by Gasteiger charge is 2.22. The van der Waals surface area contributed by atoms with Crippen molar-refractivity contribution in [3.05, 3.63) is 0 Å². The molecule has 2 aliphatic carbocycles. The van der Waals surface area contributed by atoms with Crippen LogP contribution in [0.4, 0.5) is 0 Å². The van der Waals surface area contributed by atoms with Crippen LogP contribution in [0.3, 0.4) is 0 Å². The summed E-state index contributed by atoms with van der Waals surface area (Å²) < 4.78 is 6.85. The van der Waals surface area contributed by atoms with E-state index in [2.05, 4.69) is 5.32 Å². The number of hydrogen-bond donors (Lipinski definition) is 1. The van der Waals surface area contributed by atoms with E-state index in [-0.39, 0.29) is 0 Å². The van der Waals surface area contributed by atoms with Crippen molar-refractivity contribution in [3.63, 3.8) is 0 Å². The molecule has 0 aromatic carbocycles. The van der Waals surface area contributed by atoms with Gasteiger partial charge in [-0.05, 0) is 64.2 Å². The Bertz CT molecular complexity index is 364. The van der Waals surface area contributed by atoms with Crippen molar-refractivity contribution < 1.29 is 4.74 Å². The molecule has 0 amide bonds. The van der Waals surface area contributed by atoms with Gasteiger partial charge in [-0.25, -0.2) is 0 Å². The minimum absolute atomic E-state index is 0.536. The molecule has 0 spiro atoms. The molecule has 1 heterocycles. The first-order chi connectivity index (χ1) is 14.4. The molecule has 4 unspecified atom stereocenters. The van der Waals surface area contributed by atoms with Crippen LogP contribution in [0.1, 0.15) is 148 Å². The number of fused-ring (bicyclic) bond motifs is 8. The van der Waals surface area contributed by atoms with E-state index in [0.717, 1.165) is 12.1 Å². The van der Waals surface area contributed by atoms with Crippen molar-refractivity contribution in [2.24, 2.45) is 0 Å². The van der Waals surface area contributed by atoms with Gasteiger partial charge in [-0.1, -0.05) is 83.5 Å². The van der Waals surface area contributed by atoms with Crippen LogP contribution < -0.4 is 5.32 Å². The molecule has 4 atom stereocenters. The SMILES string of the molecule is C1CCCCCC2CCCC(CCCC1)NC1CCCCCCCC(CCC1)O2. The average molecular weight is 406 g/mol. The van der Waals surface area contributed by atoms with Crippen LogP contribution in [0.25, 0.3) is 0 Å². The largest absolute Gasteiger partial charge is 0.375 e. The van der Waals surface area contributed by atoms with Crippen molar-refractivity contribution in [2.75, 3.05) is 0 Å². The van der Waals surface area contributed by atoms with Crippen molar-refractivity contribution in [3.8, 4) is 0 Å². The predicted molar refractivity (Wildman–Crippen MR) is 126 cm³/mol. The Labute approximate surface area is 182 Å². The van der Waals surface area contributed by atoms with Crippen LogP contribution in [0.2, 0.25) is 0 Å². The van der Waals surface area contributed by atoms with E-state index in [0.29, 0.717) is 12.2 Å². The topological polar surface area (TPSA) is 21.3 Å². The molecule has 2 nitrogen and oxygen atoms in total. The van der Waals surface area contributed by atoms with Crippen molar-refractivity contribution in [1.29, 1.82) is 0 Å². The molecule has 0 aromatic rings. The maximum atomic E-state index is 6.85. The molecule has 29 heavy (non-hydrogen) atoms. The van der Waals surface area contributed by atoms with Gasteiger partial charge in [0.15, 0.2) is 0 Å². The summed E-state index contributed by atoms with van der Waals surface area (Å²) in [4.78, 5) is 0. The maximum Gasteiger partial charge on any atom is 0.0579 e. The Morgan fingerprint density at radius 3 is 1.10 bits per heavy atom. The smallest absolute Gasteiger partial charge is 0.0579 e. The minimum Gasteiger partial charge on any atom is -0.375 e. The molecule has 170 valence electrons. The lowest BCUT2D eigenvalue weighted by Crippen LogP contribution is -2.39. The zero-order valence-electron chi connectivity index (χ0n) is 19.5. The molecule has 2 heteroatoms. The second kappa shape index (κ2) is 14.8. The summed E-state index contributed by atoms with van der Waals surface area (Å²) >= 11 is 0. The molecule has 0 aromatic heterocycles. The Kier molecular flexibility index (Phi) is 12.1. The lowest BCUT2D eigenvalue weighted by atomic mass is 9.93. The van der Waals surface area contributed by atoms with Gasteiger partial charge in [0, 0.05) is 12.1 Å². The molecule has 1 N–H and O–H groups in total. The van der Waals surface area contributed by atoms with Gasteiger partial charge in [-0.15, -0.1) is 0 Å². The predicted octanol–water partition coefficient (Wildman–Crippen LogP) is 8.08. The van der Waals surface area contributed by atoms with Gasteiger partial charge in [-0.3, -0.25) is 0 Å². The van der Waals surface area contributed by atoms with Gasteiger partial charge in [-0.2, -0.15) is 0 Å². The van der Waals surface area contributed by atoms with E-state index in [4.69, 9.17) is 4.74 Å². The van der Waals surface area contributed by atoms with E-state index < -0.39 is 0 Å². The lowest BCUT2D eigenvalue weighted by molar-refractivity contribution is -0.0337. The summed E-state index contributed by atoms with van der Waals surface area (Å²) in [5, 5.41) is 4.19. The number of hydrogen-bond acceptors (Lipinski definition) is 2. The van der Waals surface area contributed by atoms with E-state index in [9.17, 15) is 0 Å². The first kappa shape index (κ1) is 23.6. The summed E-state index contributed by atoms with van der Waals surface area (Å²) in [6.45, 7) is 0. The Morgan fingerprint density at radius 2 is 0.655 bits per heavy atom. The number of ether oxygens (including phenoxy) is 1. The molecule has 3 rings (SSSR count). The third kappa shape index (κ3) is 10.2. The van der Waals surface area contributed by atoms with Crippen LogP contribution in [-0.2, 0) is 4.74 Å². The highest BCUT2D eigenvalue weighted by molar-refractivity contribution is 4.78. The minimum atomic E-state index is 0.536. The summed E-state index contributed by atoms with van der Waals surface area (Å²) in [6.07, 6.45) is 33.3. The summed E-state index contributed by atoms with van der Waals surface area (Å²) in [5.74, 6) is 0. The fraction of sp³-hybridized carbons (Fsp3) is 1.00. The normalized spacial score (nSPS) is 35.6. The maximum absolute atomic E-state index is 6.85. The van der Waals surface area contributed by atoms with E-state index >= 15 is 0 Å². The quantitative estimate of drug-likeness (QED) is 0.440. The summed E-state index contributed by atoms with van der Waals surface area (Å²) in [5.41, 5.74) is 0. The first-order valence-electron chi connectivity index (χ1n) is 13.8. The van der Waals surface area contributed by atoms with E-state index in [1.807, 2.05) is 0 Å². The van der Waals surface area contributed by atoms with Crippen molar-refractivity contribution in [2.45, 2.75) is 172 Å². The van der Waals surface area contributed by atoms with Crippen LogP contribution >= 0.6 is 0 Å². The molecule has 3 aliphatic rings. The van der Waals surface area contributed by atoms with Crippen LogP contribution in [0.15, 0.2) is 0 Å². The molecule has 0 radical (unpaired) electrons. The molecule has 3 fully saturated rings. The molecular formula is C27H51NO. The third-order valence-electron chi connectivity index (χ3n) is 7.92. The first-order valence-corrected chi connectivity index (χ1v) is 13.8. The third-order valence-corrected chi connectivity index (χ3v) is 7.92. The zero-order valence-corrected chi connectivity index (χ0v) is 19.5. The summed E-state index contributed by atoms with van der Waals surface area (Å²) in [6, 6.07) is 1.52. The van der Waals surface area contributed by atoms with E-state index in [1.54, 1.807) is 0 Å². The average Bonchev–Trinajstić information content (AvgIpc) is 2.71. The van der Waals surface area contributed by atoms with E-state index in [1.165, 1.54) is 148 Å². The molecule has 1 aliphatic heterocycles. The number of rotatable bonds is 0.